The highest BCUT2D eigenvalue weighted by Crippen LogP contribution is 2.10. The average molecular weight is 324 g/mol. The highest BCUT2D eigenvalue weighted by atomic mass is 32.2. The molecular weight excluding hydrogens is 307 g/mol. The van der Waals surface area contributed by atoms with Crippen LogP contribution in [0.2, 0.25) is 0 Å². The molecule has 0 radical (unpaired) electrons. The van der Waals surface area contributed by atoms with E-state index in [0.29, 0.717) is 5.56 Å². The maximum absolute atomic E-state index is 13.6. The summed E-state index contributed by atoms with van der Waals surface area (Å²) in [4.78, 5) is 0. The van der Waals surface area contributed by atoms with Gasteiger partial charge in [0.2, 0.25) is 10.0 Å². The molecule has 3 N–H and O–H groups in total. The number of hydrogen-bond acceptors (Lipinski definition) is 5. The zero-order valence-electron chi connectivity index (χ0n) is 11.0. The molecule has 0 saturated carbocycles. The number of nitrogens with one attached hydrogen (secondary N) is 1. The van der Waals surface area contributed by atoms with Crippen LogP contribution in [0.1, 0.15) is 11.1 Å². The number of halogens is 1. The van der Waals surface area contributed by atoms with E-state index < -0.39 is 37.2 Å². The van der Waals surface area contributed by atoms with Gasteiger partial charge in [-0.15, -0.1) is 0 Å². The van der Waals surface area contributed by atoms with Crippen molar-refractivity contribution in [1.82, 2.24) is 4.72 Å². The van der Waals surface area contributed by atoms with E-state index in [1.54, 1.807) is 6.07 Å². The van der Waals surface area contributed by atoms with E-state index in [1.165, 1.54) is 12.1 Å². The second-order valence-corrected chi connectivity index (χ2v) is 8.59. The molecule has 0 bridgehead atoms. The van der Waals surface area contributed by atoms with Gasteiger partial charge >= 0.3 is 0 Å². The lowest BCUT2D eigenvalue weighted by molar-refractivity contribution is 0.572. The fourth-order valence-electron chi connectivity index (χ4n) is 1.38. The molecule has 0 aliphatic carbocycles. The Morgan fingerprint density at radius 2 is 1.85 bits per heavy atom. The van der Waals surface area contributed by atoms with Crippen LogP contribution < -0.4 is 10.5 Å². The molecule has 1 aromatic rings. The third-order valence-corrected chi connectivity index (χ3v) is 5.09. The summed E-state index contributed by atoms with van der Waals surface area (Å²) in [5.74, 6) is -1.58. The molecular formula is C11H17FN2O4S2. The van der Waals surface area contributed by atoms with E-state index in [1.807, 2.05) is 0 Å². The van der Waals surface area contributed by atoms with Crippen LogP contribution in [0.4, 0.5) is 4.39 Å². The average Bonchev–Trinajstić information content (AvgIpc) is 2.34. The first-order valence-electron chi connectivity index (χ1n) is 5.75. The lowest BCUT2D eigenvalue weighted by atomic mass is 10.1. The molecule has 0 unspecified atom stereocenters. The number of nitrogens with two attached hydrogens (primary N) is 1. The topological polar surface area (TPSA) is 106 Å². The summed E-state index contributed by atoms with van der Waals surface area (Å²) in [6.45, 7) is -0.0416. The molecule has 0 aliphatic heterocycles. The van der Waals surface area contributed by atoms with Crippen LogP contribution in [0, 0.1) is 5.82 Å². The molecule has 0 aromatic heterocycles. The minimum atomic E-state index is -3.77. The predicted molar refractivity (Wildman–Crippen MR) is 74.6 cm³/mol. The van der Waals surface area contributed by atoms with Gasteiger partial charge in [0, 0.05) is 24.9 Å². The van der Waals surface area contributed by atoms with Crippen LogP contribution in [-0.2, 0) is 33.0 Å². The van der Waals surface area contributed by atoms with E-state index in [-0.39, 0.29) is 18.7 Å². The van der Waals surface area contributed by atoms with Gasteiger partial charge in [-0.3, -0.25) is 0 Å². The Balaban J connectivity index is 2.67. The summed E-state index contributed by atoms with van der Waals surface area (Å²) in [7, 11) is -7.13. The molecule has 0 saturated heterocycles. The Labute approximate surface area is 118 Å². The van der Waals surface area contributed by atoms with Gasteiger partial charge in [0.1, 0.15) is 15.7 Å². The minimum Gasteiger partial charge on any atom is -0.326 e. The van der Waals surface area contributed by atoms with Crippen LogP contribution >= 0.6 is 0 Å². The van der Waals surface area contributed by atoms with Gasteiger partial charge in [-0.1, -0.05) is 12.1 Å². The van der Waals surface area contributed by atoms with Crippen molar-refractivity contribution >= 4 is 19.9 Å². The Morgan fingerprint density at radius 1 is 1.20 bits per heavy atom. The van der Waals surface area contributed by atoms with Crippen molar-refractivity contribution in [3.8, 4) is 0 Å². The smallest absolute Gasteiger partial charge is 0.212 e. The molecule has 0 spiro atoms. The SMILES string of the molecule is CS(=O)(=O)CCS(=O)(=O)NCc1ccc(CN)cc1F. The third-order valence-electron chi connectivity index (χ3n) is 2.56. The van der Waals surface area contributed by atoms with Crippen LogP contribution in [0.25, 0.3) is 0 Å². The first-order chi connectivity index (χ1) is 9.13. The quantitative estimate of drug-likeness (QED) is 0.719. The van der Waals surface area contributed by atoms with Gasteiger partial charge in [0.05, 0.1) is 11.5 Å². The summed E-state index contributed by atoms with van der Waals surface area (Å²) in [5, 5.41) is 0. The van der Waals surface area contributed by atoms with Gasteiger partial charge in [-0.25, -0.2) is 25.9 Å². The first-order valence-corrected chi connectivity index (χ1v) is 9.47. The molecule has 114 valence electrons. The van der Waals surface area contributed by atoms with Crippen molar-refractivity contribution in [3.05, 3.63) is 35.1 Å². The van der Waals surface area contributed by atoms with Crippen LogP contribution in [0.15, 0.2) is 18.2 Å². The maximum atomic E-state index is 13.6. The molecule has 9 heteroatoms. The van der Waals surface area contributed by atoms with Gasteiger partial charge in [-0.05, 0) is 11.6 Å². The number of rotatable bonds is 7. The summed E-state index contributed by atoms with van der Waals surface area (Å²) in [5.41, 5.74) is 6.13. The molecule has 1 rings (SSSR count). The lowest BCUT2D eigenvalue weighted by Gasteiger charge is -2.08. The third kappa shape index (κ3) is 5.95. The maximum Gasteiger partial charge on any atom is 0.212 e. The second kappa shape index (κ2) is 6.61. The second-order valence-electron chi connectivity index (χ2n) is 4.40. The molecule has 0 atom stereocenters. The van der Waals surface area contributed by atoms with Crippen molar-refractivity contribution in [1.29, 1.82) is 0 Å². The van der Waals surface area contributed by atoms with Crippen molar-refractivity contribution in [3.63, 3.8) is 0 Å². The highest BCUT2D eigenvalue weighted by molar-refractivity contribution is 7.93. The first kappa shape index (κ1) is 17.0. The summed E-state index contributed by atoms with van der Waals surface area (Å²) < 4.78 is 60.7. The lowest BCUT2D eigenvalue weighted by Crippen LogP contribution is -2.29. The molecule has 0 heterocycles. The monoisotopic (exact) mass is 324 g/mol. The van der Waals surface area contributed by atoms with Crippen LogP contribution in [0.5, 0.6) is 0 Å². The highest BCUT2D eigenvalue weighted by Gasteiger charge is 2.15. The molecule has 6 nitrogen and oxygen atoms in total. The summed E-state index contributed by atoms with van der Waals surface area (Å²) >= 11 is 0. The Morgan fingerprint density at radius 3 is 2.35 bits per heavy atom. The van der Waals surface area contributed by atoms with E-state index in [2.05, 4.69) is 4.72 Å². The van der Waals surface area contributed by atoms with E-state index in [9.17, 15) is 21.2 Å². The number of sulfonamides is 1. The molecule has 1 aromatic carbocycles. The Hall–Kier alpha value is -1.03. The number of sulfone groups is 1. The molecule has 0 aliphatic rings. The number of hydrogen-bond donors (Lipinski definition) is 2. The summed E-state index contributed by atoms with van der Waals surface area (Å²) in [6, 6.07) is 4.28. The molecule has 20 heavy (non-hydrogen) atoms. The van der Waals surface area contributed by atoms with Crippen LogP contribution in [-0.4, -0.2) is 34.6 Å². The van der Waals surface area contributed by atoms with E-state index >= 15 is 0 Å². The largest absolute Gasteiger partial charge is 0.326 e. The van der Waals surface area contributed by atoms with E-state index in [4.69, 9.17) is 5.73 Å². The Kier molecular flexibility index (Phi) is 5.63. The minimum absolute atomic E-state index is 0.171. The van der Waals surface area contributed by atoms with Crippen molar-refractivity contribution < 1.29 is 21.2 Å². The fraction of sp³-hybridized carbons (Fsp3) is 0.455. The van der Waals surface area contributed by atoms with E-state index in [0.717, 1.165) is 6.26 Å². The zero-order valence-corrected chi connectivity index (χ0v) is 12.6. The number of benzene rings is 1. The molecule has 0 fully saturated rings. The van der Waals surface area contributed by atoms with Crippen molar-refractivity contribution in [2.75, 3.05) is 17.8 Å². The van der Waals surface area contributed by atoms with Crippen molar-refractivity contribution in [2.45, 2.75) is 13.1 Å². The zero-order chi connectivity index (χ0) is 15.4. The van der Waals surface area contributed by atoms with Crippen molar-refractivity contribution in [2.24, 2.45) is 5.73 Å². The van der Waals surface area contributed by atoms with Gasteiger partial charge in [0.25, 0.3) is 0 Å². The standard InChI is InChI=1S/C11H17FN2O4S2/c1-19(15,16)4-5-20(17,18)14-8-10-3-2-9(7-13)6-11(10)12/h2-3,6,14H,4-5,7-8,13H2,1H3. The molecule has 0 amide bonds. The normalized spacial score (nSPS) is 12.6. The van der Waals surface area contributed by atoms with Gasteiger partial charge in [-0.2, -0.15) is 0 Å². The fourth-order valence-corrected chi connectivity index (χ4v) is 3.99. The van der Waals surface area contributed by atoms with Gasteiger partial charge < -0.3 is 5.73 Å². The Bertz CT molecular complexity index is 672. The van der Waals surface area contributed by atoms with Gasteiger partial charge in [0.15, 0.2) is 0 Å². The summed E-state index contributed by atoms with van der Waals surface area (Å²) in [6.07, 6.45) is 0.952. The van der Waals surface area contributed by atoms with Crippen LogP contribution in [0.3, 0.4) is 0 Å². The predicted octanol–water partition coefficient (Wildman–Crippen LogP) is -0.252.